The first-order valence-corrected chi connectivity index (χ1v) is 9.27. The molecule has 0 amide bonds. The first-order valence-electron chi connectivity index (χ1n) is 9.27. The van der Waals surface area contributed by atoms with Crippen molar-refractivity contribution in [2.75, 3.05) is 39.5 Å². The number of halogens is 3. The predicted molar refractivity (Wildman–Crippen MR) is 128 cm³/mol. The Morgan fingerprint density at radius 1 is 1.03 bits per heavy atom. The molecule has 0 aliphatic carbocycles. The summed E-state index contributed by atoms with van der Waals surface area (Å²) in [5, 5.41) is 0. The molecule has 3 heterocycles. The summed E-state index contributed by atoms with van der Waals surface area (Å²) in [5.74, 6) is 0.913. The van der Waals surface area contributed by atoms with Crippen LogP contribution < -0.4 is 4.74 Å². The minimum Gasteiger partial charge on any atom is -0.494 e. The molecule has 0 bridgehead atoms. The molecule has 0 unspecified atom stereocenters. The van der Waals surface area contributed by atoms with Crippen molar-refractivity contribution in [2.24, 2.45) is 0 Å². The lowest BCUT2D eigenvalue weighted by Crippen LogP contribution is -2.37. The largest absolute Gasteiger partial charge is 0.494 e. The number of morpholine rings is 1. The molecule has 0 saturated carbocycles. The van der Waals surface area contributed by atoms with Crippen LogP contribution in [0.4, 0.5) is 0 Å². The Kier molecular flexibility index (Phi) is 13.0. The Bertz CT molecular complexity index is 869. The van der Waals surface area contributed by atoms with Gasteiger partial charge in [0, 0.05) is 37.6 Å². The maximum atomic E-state index is 5.88. The van der Waals surface area contributed by atoms with E-state index in [2.05, 4.69) is 40.6 Å². The molecule has 9 heteroatoms. The molecule has 1 aliphatic heterocycles. The summed E-state index contributed by atoms with van der Waals surface area (Å²) in [7, 11) is 0. The topological polar surface area (TPSA) is 70.5 Å². The lowest BCUT2D eigenvalue weighted by atomic mass is 10.1. The van der Waals surface area contributed by atoms with E-state index >= 15 is 0 Å². The van der Waals surface area contributed by atoms with Crippen molar-refractivity contribution in [2.45, 2.75) is 13.3 Å². The number of hydrogen-bond donors (Lipinski definition) is 0. The summed E-state index contributed by atoms with van der Waals surface area (Å²) in [6, 6.07) is 12.3. The van der Waals surface area contributed by atoms with Gasteiger partial charge in [-0.05, 0) is 49.2 Å². The fourth-order valence-corrected chi connectivity index (χ4v) is 3.32. The monoisotopic (exact) mass is 477 g/mol. The number of nitrogens with zero attached hydrogens (tertiary/aromatic N) is 3. The number of rotatable bonds is 6. The molecule has 30 heavy (non-hydrogen) atoms. The molecule has 0 radical (unpaired) electrons. The molecule has 4 rings (SSSR count). The lowest BCUT2D eigenvalue weighted by Gasteiger charge is -2.26. The zero-order valence-corrected chi connectivity index (χ0v) is 19.4. The third-order valence-electron chi connectivity index (χ3n) is 4.82. The molecule has 0 atom stereocenters. The molecule has 2 aromatic heterocycles. The SMILES string of the molecule is Cc1cccn2cc(-c3ccc(OCCCN4CCOCC4)cc3)nc12.Cl.Cl.Cl.O. The van der Waals surface area contributed by atoms with E-state index in [-0.39, 0.29) is 42.7 Å². The summed E-state index contributed by atoms with van der Waals surface area (Å²) < 4.78 is 13.3. The second-order valence-corrected chi connectivity index (χ2v) is 6.73. The van der Waals surface area contributed by atoms with Gasteiger partial charge in [-0.25, -0.2) is 4.98 Å². The Morgan fingerprint density at radius 3 is 2.40 bits per heavy atom. The number of pyridine rings is 1. The molecule has 1 aromatic carbocycles. The Morgan fingerprint density at radius 2 is 1.73 bits per heavy atom. The van der Waals surface area contributed by atoms with E-state index in [0.717, 1.165) is 68.5 Å². The smallest absolute Gasteiger partial charge is 0.140 e. The Balaban J connectivity index is 0.00000210. The van der Waals surface area contributed by atoms with Gasteiger partial charge in [-0.15, -0.1) is 37.2 Å². The average molecular weight is 479 g/mol. The second-order valence-electron chi connectivity index (χ2n) is 6.73. The van der Waals surface area contributed by atoms with Crippen molar-refractivity contribution in [3.05, 3.63) is 54.4 Å². The Labute approximate surface area is 196 Å². The van der Waals surface area contributed by atoms with Crippen LogP contribution in [-0.4, -0.2) is 59.2 Å². The van der Waals surface area contributed by atoms with Gasteiger partial charge < -0.3 is 19.4 Å². The summed E-state index contributed by atoms with van der Waals surface area (Å²) in [6.07, 6.45) is 5.14. The Hall–Kier alpha value is -1.54. The summed E-state index contributed by atoms with van der Waals surface area (Å²) >= 11 is 0. The van der Waals surface area contributed by atoms with Crippen LogP contribution in [-0.2, 0) is 4.74 Å². The molecule has 0 spiro atoms. The number of ether oxygens (including phenoxy) is 2. The summed E-state index contributed by atoms with van der Waals surface area (Å²) in [4.78, 5) is 7.18. The third kappa shape index (κ3) is 7.01. The van der Waals surface area contributed by atoms with Crippen molar-refractivity contribution in [3.63, 3.8) is 0 Å². The molecule has 1 fully saturated rings. The van der Waals surface area contributed by atoms with Gasteiger partial charge in [-0.2, -0.15) is 0 Å². The van der Waals surface area contributed by atoms with E-state index in [4.69, 9.17) is 14.5 Å². The number of aryl methyl sites for hydroxylation is 1. The van der Waals surface area contributed by atoms with Crippen LogP contribution in [0, 0.1) is 6.92 Å². The number of fused-ring (bicyclic) bond motifs is 1. The minimum absolute atomic E-state index is 0. The van der Waals surface area contributed by atoms with Crippen molar-refractivity contribution in [1.29, 1.82) is 0 Å². The van der Waals surface area contributed by atoms with Crippen LogP contribution in [0.3, 0.4) is 0 Å². The zero-order valence-electron chi connectivity index (χ0n) is 17.0. The molecule has 6 nitrogen and oxygen atoms in total. The van der Waals surface area contributed by atoms with Crippen LogP contribution in [0.5, 0.6) is 5.75 Å². The van der Waals surface area contributed by atoms with Crippen LogP contribution in [0.25, 0.3) is 16.9 Å². The highest BCUT2D eigenvalue weighted by Crippen LogP contribution is 2.23. The van der Waals surface area contributed by atoms with E-state index in [0.29, 0.717) is 0 Å². The summed E-state index contributed by atoms with van der Waals surface area (Å²) in [6.45, 7) is 7.67. The second kappa shape index (κ2) is 13.7. The number of benzene rings is 1. The quantitative estimate of drug-likeness (QED) is 0.505. The third-order valence-corrected chi connectivity index (χ3v) is 4.82. The van der Waals surface area contributed by atoms with Crippen molar-refractivity contribution in [1.82, 2.24) is 14.3 Å². The van der Waals surface area contributed by atoms with Crippen molar-refractivity contribution in [3.8, 4) is 17.0 Å². The molecule has 1 aliphatic rings. The van der Waals surface area contributed by atoms with E-state index in [9.17, 15) is 0 Å². The van der Waals surface area contributed by atoms with E-state index in [1.165, 1.54) is 5.56 Å². The molecule has 1 saturated heterocycles. The van der Waals surface area contributed by atoms with Crippen LogP contribution >= 0.6 is 37.2 Å². The highest BCUT2D eigenvalue weighted by molar-refractivity contribution is 5.86. The maximum absolute atomic E-state index is 5.88. The molecule has 168 valence electrons. The number of aromatic nitrogens is 2. The maximum Gasteiger partial charge on any atom is 0.140 e. The average Bonchev–Trinajstić information content (AvgIpc) is 3.12. The van der Waals surface area contributed by atoms with Gasteiger partial charge in [0.1, 0.15) is 11.4 Å². The van der Waals surface area contributed by atoms with Crippen LogP contribution in [0.2, 0.25) is 0 Å². The van der Waals surface area contributed by atoms with Gasteiger partial charge in [0.2, 0.25) is 0 Å². The molecule has 2 N–H and O–H groups in total. The lowest BCUT2D eigenvalue weighted by molar-refractivity contribution is 0.0358. The first kappa shape index (κ1) is 28.5. The van der Waals surface area contributed by atoms with Gasteiger partial charge in [-0.3, -0.25) is 4.90 Å². The predicted octanol–water partition coefficient (Wildman–Crippen LogP) is 3.85. The standard InChI is InChI=1S/C21H25N3O2.3ClH.H2O/c1-17-4-2-10-24-16-20(22-21(17)24)18-5-7-19(8-6-18)26-13-3-9-23-11-14-25-15-12-23;;;;/h2,4-8,10,16H,3,9,11-15H2,1H3;3*1H;1H2. The van der Waals surface area contributed by atoms with Gasteiger partial charge in [0.05, 0.1) is 25.5 Å². The van der Waals surface area contributed by atoms with Crippen LogP contribution in [0.1, 0.15) is 12.0 Å². The summed E-state index contributed by atoms with van der Waals surface area (Å²) in [5.41, 5.74) is 4.27. The molecular weight excluding hydrogens is 449 g/mol. The minimum atomic E-state index is 0. The van der Waals surface area contributed by atoms with Gasteiger partial charge in [-0.1, -0.05) is 6.07 Å². The molecule has 3 aromatic rings. The fourth-order valence-electron chi connectivity index (χ4n) is 3.32. The highest BCUT2D eigenvalue weighted by atomic mass is 35.5. The normalized spacial score (nSPS) is 13.4. The van der Waals surface area contributed by atoms with Gasteiger partial charge in [0.15, 0.2) is 0 Å². The van der Waals surface area contributed by atoms with E-state index < -0.39 is 0 Å². The number of hydrogen-bond acceptors (Lipinski definition) is 4. The van der Waals surface area contributed by atoms with Crippen LogP contribution in [0.15, 0.2) is 48.8 Å². The fraction of sp³-hybridized carbons (Fsp3) is 0.381. The van der Waals surface area contributed by atoms with E-state index in [1.807, 2.05) is 24.4 Å². The number of imidazole rings is 1. The van der Waals surface area contributed by atoms with E-state index in [1.54, 1.807) is 0 Å². The van der Waals surface area contributed by atoms with Gasteiger partial charge >= 0.3 is 0 Å². The molecular formula is C21H30Cl3N3O3. The zero-order chi connectivity index (χ0) is 17.8. The highest BCUT2D eigenvalue weighted by Gasteiger charge is 2.09. The van der Waals surface area contributed by atoms with Gasteiger partial charge in [0.25, 0.3) is 0 Å². The van der Waals surface area contributed by atoms with Crippen molar-refractivity contribution >= 4 is 42.9 Å². The van der Waals surface area contributed by atoms with Crippen molar-refractivity contribution < 1.29 is 14.9 Å². The first-order chi connectivity index (χ1) is 12.8.